The number of carbonyl (C=O) groups is 1. The van der Waals surface area contributed by atoms with Crippen LogP contribution in [0.15, 0.2) is 35.7 Å². The monoisotopic (exact) mass is 374 g/mol. The lowest BCUT2D eigenvalue weighted by molar-refractivity contribution is 0.0701. The van der Waals surface area contributed by atoms with Gasteiger partial charge in [0.1, 0.15) is 22.0 Å². The Balaban J connectivity index is 1.78. The number of hydrogen-bond donors (Lipinski definition) is 1. The zero-order chi connectivity index (χ0) is 17.6. The molecule has 3 heterocycles. The first-order chi connectivity index (χ1) is 12.1. The maximum Gasteiger partial charge on any atom is 0.346 e. The van der Waals surface area contributed by atoms with Gasteiger partial charge >= 0.3 is 5.97 Å². The minimum absolute atomic E-state index is 0.157. The first kappa shape index (κ1) is 16.0. The molecule has 9 heteroatoms. The lowest BCUT2D eigenvalue weighted by Gasteiger charge is -2.04. The summed E-state index contributed by atoms with van der Waals surface area (Å²) in [7, 11) is 1.79. The Labute approximate surface area is 149 Å². The van der Waals surface area contributed by atoms with E-state index >= 15 is 0 Å². The van der Waals surface area contributed by atoms with Crippen LogP contribution in [0.25, 0.3) is 21.1 Å². The number of halogens is 1. The third kappa shape index (κ3) is 2.65. The Hall–Kier alpha value is -2.52. The van der Waals surface area contributed by atoms with Gasteiger partial charge in [-0.05, 0) is 17.7 Å². The zero-order valence-corrected chi connectivity index (χ0v) is 14.6. The molecule has 0 aliphatic heterocycles. The lowest BCUT2D eigenvalue weighted by Crippen LogP contribution is -1.98. The van der Waals surface area contributed by atoms with Gasteiger partial charge < -0.3 is 5.11 Å². The van der Waals surface area contributed by atoms with Gasteiger partial charge in [-0.25, -0.2) is 19.2 Å². The van der Waals surface area contributed by atoms with Crippen LogP contribution in [0.3, 0.4) is 0 Å². The van der Waals surface area contributed by atoms with Crippen LogP contribution >= 0.6 is 23.1 Å². The standard InChI is InChI=1S/C16H11FN4O2S2/c1-21-14-8(5-20-21)15(19-7-18-14)24-6-9-12-10(17)3-2-4-11(12)25-13(9)16(22)23/h2-5,7H,6H2,1H3,(H,22,23). The third-order valence-electron chi connectivity index (χ3n) is 3.80. The van der Waals surface area contributed by atoms with E-state index in [1.807, 2.05) is 0 Å². The number of aromatic nitrogens is 4. The summed E-state index contributed by atoms with van der Waals surface area (Å²) in [5.74, 6) is -1.17. The van der Waals surface area contributed by atoms with Crippen LogP contribution in [-0.4, -0.2) is 30.8 Å². The van der Waals surface area contributed by atoms with Crippen molar-refractivity contribution in [3.63, 3.8) is 0 Å². The Morgan fingerprint density at radius 1 is 1.40 bits per heavy atom. The molecule has 1 aromatic carbocycles. The van der Waals surface area contributed by atoms with E-state index in [2.05, 4.69) is 15.1 Å². The number of rotatable bonds is 4. The number of thioether (sulfide) groups is 1. The molecule has 1 N–H and O–H groups in total. The van der Waals surface area contributed by atoms with E-state index in [4.69, 9.17) is 0 Å². The highest BCUT2D eigenvalue weighted by Gasteiger charge is 2.21. The first-order valence-electron chi connectivity index (χ1n) is 7.25. The van der Waals surface area contributed by atoms with E-state index in [1.54, 1.807) is 30.1 Å². The van der Waals surface area contributed by atoms with Gasteiger partial charge in [0, 0.05) is 22.9 Å². The first-order valence-corrected chi connectivity index (χ1v) is 9.05. The van der Waals surface area contributed by atoms with Gasteiger partial charge in [0.25, 0.3) is 0 Å². The predicted octanol–water partition coefficient (Wildman–Crippen LogP) is 3.71. The number of thiophene rings is 1. The van der Waals surface area contributed by atoms with E-state index in [0.717, 1.165) is 16.7 Å². The zero-order valence-electron chi connectivity index (χ0n) is 12.9. The van der Waals surface area contributed by atoms with Crippen molar-refractivity contribution in [2.24, 2.45) is 7.05 Å². The molecule has 0 unspecified atom stereocenters. The minimum Gasteiger partial charge on any atom is -0.477 e. The van der Waals surface area contributed by atoms with Crippen LogP contribution in [0.1, 0.15) is 15.2 Å². The largest absolute Gasteiger partial charge is 0.477 e. The van der Waals surface area contributed by atoms with Crippen LogP contribution in [0.5, 0.6) is 0 Å². The molecule has 0 bridgehead atoms. The topological polar surface area (TPSA) is 80.9 Å². The molecule has 126 valence electrons. The Morgan fingerprint density at radius 3 is 3.04 bits per heavy atom. The summed E-state index contributed by atoms with van der Waals surface area (Å²) >= 11 is 2.44. The normalized spacial score (nSPS) is 11.4. The molecule has 0 saturated carbocycles. The molecule has 4 aromatic rings. The van der Waals surface area contributed by atoms with Crippen LogP contribution in [-0.2, 0) is 12.8 Å². The predicted molar refractivity (Wildman–Crippen MR) is 94.6 cm³/mol. The second-order valence-corrected chi connectivity index (χ2v) is 7.32. The van der Waals surface area contributed by atoms with Crippen molar-refractivity contribution in [1.29, 1.82) is 0 Å². The molecule has 6 nitrogen and oxygen atoms in total. The number of carboxylic acids is 1. The van der Waals surface area contributed by atoms with E-state index in [0.29, 0.717) is 32.1 Å². The molecule has 0 atom stereocenters. The molecule has 0 fully saturated rings. The molecular weight excluding hydrogens is 363 g/mol. The van der Waals surface area contributed by atoms with Crippen molar-refractivity contribution in [3.8, 4) is 0 Å². The molecule has 0 saturated heterocycles. The summed E-state index contributed by atoms with van der Waals surface area (Å²) in [5.41, 5.74) is 1.17. The maximum atomic E-state index is 14.3. The Kier molecular flexibility index (Phi) is 3.89. The molecular formula is C16H11FN4O2S2. The Morgan fingerprint density at radius 2 is 2.24 bits per heavy atom. The van der Waals surface area contributed by atoms with E-state index in [1.165, 1.54) is 24.2 Å². The number of aromatic carboxylic acids is 1. The fraction of sp³-hybridized carbons (Fsp3) is 0.125. The summed E-state index contributed by atoms with van der Waals surface area (Å²) in [6.45, 7) is 0. The fourth-order valence-electron chi connectivity index (χ4n) is 2.67. The smallest absolute Gasteiger partial charge is 0.346 e. The minimum atomic E-state index is -1.05. The second-order valence-electron chi connectivity index (χ2n) is 5.30. The molecule has 3 aromatic heterocycles. The molecule has 25 heavy (non-hydrogen) atoms. The summed E-state index contributed by atoms with van der Waals surface area (Å²) < 4.78 is 16.5. The quantitative estimate of drug-likeness (QED) is 0.433. The van der Waals surface area contributed by atoms with Crippen molar-refractivity contribution in [2.75, 3.05) is 0 Å². The summed E-state index contributed by atoms with van der Waals surface area (Å²) in [6, 6.07) is 4.66. The average Bonchev–Trinajstić information content (AvgIpc) is 3.15. The SMILES string of the molecule is Cn1ncc2c(SCc3c(C(=O)O)sc4cccc(F)c34)ncnc21. The molecule has 0 aliphatic rings. The molecule has 0 amide bonds. The summed E-state index contributed by atoms with van der Waals surface area (Å²) in [4.78, 5) is 20.2. The molecule has 0 radical (unpaired) electrons. The van der Waals surface area contributed by atoms with Crippen molar-refractivity contribution >= 4 is 50.2 Å². The van der Waals surface area contributed by atoms with Crippen molar-refractivity contribution < 1.29 is 14.3 Å². The van der Waals surface area contributed by atoms with Gasteiger partial charge in [-0.15, -0.1) is 23.1 Å². The van der Waals surface area contributed by atoms with Crippen LogP contribution in [0.4, 0.5) is 4.39 Å². The number of aryl methyl sites for hydroxylation is 1. The van der Waals surface area contributed by atoms with Gasteiger partial charge in [-0.1, -0.05) is 6.07 Å². The van der Waals surface area contributed by atoms with E-state index < -0.39 is 11.8 Å². The van der Waals surface area contributed by atoms with Gasteiger partial charge in [-0.3, -0.25) is 4.68 Å². The number of benzene rings is 1. The van der Waals surface area contributed by atoms with Crippen LogP contribution in [0.2, 0.25) is 0 Å². The summed E-state index contributed by atoms with van der Waals surface area (Å²) in [6.07, 6.45) is 3.11. The molecule has 0 spiro atoms. The third-order valence-corrected chi connectivity index (χ3v) is 6.02. The fourth-order valence-corrected chi connectivity index (χ4v) is 4.83. The molecule has 0 aliphatic carbocycles. The lowest BCUT2D eigenvalue weighted by atomic mass is 10.1. The highest BCUT2D eigenvalue weighted by atomic mass is 32.2. The van der Waals surface area contributed by atoms with Crippen molar-refractivity contribution in [3.05, 3.63) is 47.0 Å². The van der Waals surface area contributed by atoms with Gasteiger partial charge in [-0.2, -0.15) is 5.10 Å². The van der Waals surface area contributed by atoms with Crippen LogP contribution in [0, 0.1) is 5.82 Å². The average molecular weight is 374 g/mol. The Bertz CT molecular complexity index is 1120. The summed E-state index contributed by atoms with van der Waals surface area (Å²) in [5, 5.41) is 15.5. The van der Waals surface area contributed by atoms with Gasteiger partial charge in [0.05, 0.1) is 11.6 Å². The number of carboxylic acid groups (broad SMARTS) is 1. The maximum absolute atomic E-state index is 14.3. The van der Waals surface area contributed by atoms with Gasteiger partial charge in [0.2, 0.25) is 0 Å². The van der Waals surface area contributed by atoms with Crippen LogP contribution < -0.4 is 0 Å². The highest BCUT2D eigenvalue weighted by molar-refractivity contribution is 7.98. The van der Waals surface area contributed by atoms with E-state index in [-0.39, 0.29) is 4.88 Å². The number of hydrogen-bond acceptors (Lipinski definition) is 6. The van der Waals surface area contributed by atoms with Gasteiger partial charge in [0.15, 0.2) is 5.65 Å². The second kappa shape index (κ2) is 6.08. The molecule has 4 rings (SSSR count). The van der Waals surface area contributed by atoms with Crippen molar-refractivity contribution in [1.82, 2.24) is 19.7 Å². The number of fused-ring (bicyclic) bond motifs is 2. The van der Waals surface area contributed by atoms with E-state index in [9.17, 15) is 14.3 Å². The highest BCUT2D eigenvalue weighted by Crippen LogP contribution is 2.37. The van der Waals surface area contributed by atoms with Crippen molar-refractivity contribution in [2.45, 2.75) is 10.8 Å². The number of nitrogens with zero attached hydrogens (tertiary/aromatic N) is 4.